The van der Waals surface area contributed by atoms with E-state index in [0.717, 1.165) is 48.8 Å². The molecule has 3 heterocycles. The van der Waals surface area contributed by atoms with Crippen LogP contribution < -0.4 is 5.32 Å². The Balaban J connectivity index is 1.56. The number of aryl methyl sites for hydroxylation is 1. The number of nitrogens with zero attached hydrogens (tertiary/aromatic N) is 6. The van der Waals surface area contributed by atoms with Crippen LogP contribution in [0.2, 0.25) is 0 Å². The second kappa shape index (κ2) is 7.21. The minimum absolute atomic E-state index is 0.379. The molecule has 3 aromatic rings. The number of rotatable bonds is 4. The van der Waals surface area contributed by atoms with Gasteiger partial charge in [-0.05, 0) is 52.0 Å². The highest BCUT2D eigenvalue weighted by Gasteiger charge is 2.23. The first-order valence-corrected chi connectivity index (χ1v) is 8.95. The van der Waals surface area contributed by atoms with Crippen molar-refractivity contribution >= 4 is 11.6 Å². The maximum Gasteiger partial charge on any atom is 0.227 e. The molecule has 7 nitrogen and oxygen atoms in total. The van der Waals surface area contributed by atoms with Gasteiger partial charge in [0.2, 0.25) is 5.95 Å². The molecule has 4 rings (SSSR count). The lowest BCUT2D eigenvalue weighted by Gasteiger charge is -2.29. The summed E-state index contributed by atoms with van der Waals surface area (Å²) in [4.78, 5) is 15.9. The van der Waals surface area contributed by atoms with Gasteiger partial charge in [0.1, 0.15) is 5.82 Å². The fourth-order valence-electron chi connectivity index (χ4n) is 3.28. The summed E-state index contributed by atoms with van der Waals surface area (Å²) in [5.74, 6) is 2.20. The molecule has 0 spiro atoms. The molecule has 1 saturated heterocycles. The van der Waals surface area contributed by atoms with E-state index < -0.39 is 0 Å². The molecule has 0 unspecified atom stereocenters. The predicted molar refractivity (Wildman–Crippen MR) is 101 cm³/mol. The highest BCUT2D eigenvalue weighted by atomic mass is 15.4. The van der Waals surface area contributed by atoms with Crippen LogP contribution >= 0.6 is 0 Å². The molecule has 26 heavy (non-hydrogen) atoms. The normalized spacial score (nSPS) is 15.9. The van der Waals surface area contributed by atoms with E-state index in [-0.39, 0.29) is 0 Å². The van der Waals surface area contributed by atoms with Gasteiger partial charge in [0, 0.05) is 18.1 Å². The van der Waals surface area contributed by atoms with E-state index in [4.69, 9.17) is 0 Å². The molecule has 0 bridgehead atoms. The number of hydrogen-bond acceptors (Lipinski definition) is 6. The van der Waals surface area contributed by atoms with Gasteiger partial charge < -0.3 is 10.2 Å². The Kier molecular flexibility index (Phi) is 4.62. The predicted octanol–water partition coefficient (Wildman–Crippen LogP) is 3.05. The quantitative estimate of drug-likeness (QED) is 0.780. The molecule has 1 N–H and O–H groups in total. The van der Waals surface area contributed by atoms with Crippen LogP contribution in [0, 0.1) is 6.92 Å². The molecule has 1 aliphatic heterocycles. The van der Waals surface area contributed by atoms with Crippen molar-refractivity contribution in [2.45, 2.75) is 25.8 Å². The van der Waals surface area contributed by atoms with E-state index in [9.17, 15) is 0 Å². The van der Waals surface area contributed by atoms with Gasteiger partial charge in [-0.1, -0.05) is 18.2 Å². The fraction of sp³-hybridized carbons (Fsp3) is 0.368. The third kappa shape index (κ3) is 3.57. The number of likely N-dealkylation sites (tertiary alicyclic amines) is 1. The van der Waals surface area contributed by atoms with Gasteiger partial charge in [0.25, 0.3) is 0 Å². The number of nitrogens with one attached hydrogen (secondary N) is 1. The Morgan fingerprint density at radius 3 is 2.42 bits per heavy atom. The lowest BCUT2D eigenvalue weighted by Crippen LogP contribution is -2.32. The summed E-state index contributed by atoms with van der Waals surface area (Å²) in [5.41, 5.74) is 1.86. The summed E-state index contributed by atoms with van der Waals surface area (Å²) < 4.78 is 2.06. The maximum absolute atomic E-state index is 4.64. The average Bonchev–Trinajstić information content (AvgIpc) is 3.05. The van der Waals surface area contributed by atoms with Gasteiger partial charge in [-0.15, -0.1) is 0 Å². The van der Waals surface area contributed by atoms with Gasteiger partial charge in [-0.25, -0.2) is 19.6 Å². The summed E-state index contributed by atoms with van der Waals surface area (Å²) in [7, 11) is 2.16. The zero-order valence-corrected chi connectivity index (χ0v) is 15.1. The van der Waals surface area contributed by atoms with Gasteiger partial charge in [0.15, 0.2) is 5.82 Å². The lowest BCUT2D eigenvalue weighted by molar-refractivity contribution is 0.213. The molecule has 2 aromatic heterocycles. The molecule has 1 aromatic carbocycles. The van der Waals surface area contributed by atoms with E-state index in [1.807, 2.05) is 49.6 Å². The van der Waals surface area contributed by atoms with Crippen LogP contribution in [0.25, 0.3) is 11.4 Å². The number of para-hydroxylation sites is 1. The van der Waals surface area contributed by atoms with Crippen LogP contribution in [0.15, 0.2) is 42.7 Å². The smallest absolute Gasteiger partial charge is 0.227 e. The maximum atomic E-state index is 4.64. The minimum Gasteiger partial charge on any atom is -0.324 e. The third-order valence-electron chi connectivity index (χ3n) is 4.71. The van der Waals surface area contributed by atoms with Crippen LogP contribution in [-0.2, 0) is 0 Å². The first-order chi connectivity index (χ1) is 12.7. The van der Waals surface area contributed by atoms with Crippen molar-refractivity contribution in [3.05, 3.63) is 48.5 Å². The Labute approximate surface area is 153 Å². The highest BCUT2D eigenvalue weighted by Crippen LogP contribution is 2.27. The number of piperidine rings is 1. The molecule has 0 atom stereocenters. The van der Waals surface area contributed by atoms with Crippen LogP contribution in [0.4, 0.5) is 11.6 Å². The lowest BCUT2D eigenvalue weighted by atomic mass is 10.1. The Morgan fingerprint density at radius 1 is 1.04 bits per heavy atom. The summed E-state index contributed by atoms with van der Waals surface area (Å²) in [6, 6.07) is 10.3. The largest absolute Gasteiger partial charge is 0.324 e. The molecule has 0 saturated carbocycles. The van der Waals surface area contributed by atoms with Crippen molar-refractivity contribution in [2.24, 2.45) is 0 Å². The monoisotopic (exact) mass is 349 g/mol. The number of aromatic nitrogens is 5. The van der Waals surface area contributed by atoms with Crippen molar-refractivity contribution in [2.75, 3.05) is 25.5 Å². The Hall–Kier alpha value is -2.80. The van der Waals surface area contributed by atoms with Crippen molar-refractivity contribution < 1.29 is 0 Å². The molecule has 0 aliphatic carbocycles. The van der Waals surface area contributed by atoms with E-state index in [0.29, 0.717) is 12.0 Å². The Bertz CT molecular complexity index is 849. The molecular formula is C19H23N7. The fourth-order valence-corrected chi connectivity index (χ4v) is 3.28. The van der Waals surface area contributed by atoms with E-state index in [1.165, 1.54) is 0 Å². The minimum atomic E-state index is 0.379. The summed E-state index contributed by atoms with van der Waals surface area (Å²) >= 11 is 0. The topological polar surface area (TPSA) is 71.8 Å². The highest BCUT2D eigenvalue weighted by molar-refractivity contribution is 5.57. The van der Waals surface area contributed by atoms with Gasteiger partial charge >= 0.3 is 0 Å². The van der Waals surface area contributed by atoms with Crippen molar-refractivity contribution in [1.82, 2.24) is 29.6 Å². The number of benzene rings is 1. The zero-order valence-electron chi connectivity index (χ0n) is 15.1. The van der Waals surface area contributed by atoms with Crippen LogP contribution in [0.5, 0.6) is 0 Å². The van der Waals surface area contributed by atoms with Crippen LogP contribution in [0.3, 0.4) is 0 Å². The third-order valence-corrected chi connectivity index (χ3v) is 4.71. The molecule has 7 heteroatoms. The number of anilines is 2. The van der Waals surface area contributed by atoms with Crippen molar-refractivity contribution in [3.63, 3.8) is 0 Å². The SMILES string of the molecule is Cc1nc(-c2cnc(Nc3ccccc3)nc2)n(C2CCN(C)CC2)n1. The van der Waals surface area contributed by atoms with Gasteiger partial charge in [-0.3, -0.25) is 0 Å². The standard InChI is InChI=1S/C19H23N7/c1-14-22-18(26(24-14)17-8-10-25(2)11-9-17)15-12-20-19(21-13-15)23-16-6-4-3-5-7-16/h3-7,12-13,17H,8-11H2,1-2H3,(H,20,21,23). The first kappa shape index (κ1) is 16.7. The second-order valence-electron chi connectivity index (χ2n) is 6.75. The van der Waals surface area contributed by atoms with Crippen LogP contribution in [0.1, 0.15) is 24.7 Å². The molecule has 1 aliphatic rings. The first-order valence-electron chi connectivity index (χ1n) is 8.95. The molecule has 0 radical (unpaired) electrons. The van der Waals surface area contributed by atoms with Gasteiger partial charge in [0.05, 0.1) is 11.6 Å². The van der Waals surface area contributed by atoms with Crippen LogP contribution in [-0.4, -0.2) is 49.8 Å². The molecule has 134 valence electrons. The summed E-state index contributed by atoms with van der Waals surface area (Å²) in [6.45, 7) is 4.10. The van der Waals surface area contributed by atoms with E-state index in [1.54, 1.807) is 0 Å². The average molecular weight is 349 g/mol. The van der Waals surface area contributed by atoms with Gasteiger partial charge in [-0.2, -0.15) is 5.10 Å². The second-order valence-corrected chi connectivity index (χ2v) is 6.75. The zero-order chi connectivity index (χ0) is 17.9. The molecule has 0 amide bonds. The molecule has 1 fully saturated rings. The molecular weight excluding hydrogens is 326 g/mol. The van der Waals surface area contributed by atoms with Crippen molar-refractivity contribution in [3.8, 4) is 11.4 Å². The van der Waals surface area contributed by atoms with Crippen molar-refractivity contribution in [1.29, 1.82) is 0 Å². The summed E-state index contributed by atoms with van der Waals surface area (Å²) in [5, 5.41) is 7.84. The van der Waals surface area contributed by atoms with E-state index >= 15 is 0 Å². The summed E-state index contributed by atoms with van der Waals surface area (Å²) in [6.07, 6.45) is 5.79. The Morgan fingerprint density at radius 2 is 1.73 bits per heavy atom. The number of hydrogen-bond donors (Lipinski definition) is 1. The van der Waals surface area contributed by atoms with E-state index in [2.05, 4.69) is 42.0 Å².